The Hall–Kier alpha value is -3.35. The highest BCUT2D eigenvalue weighted by Crippen LogP contribution is 2.47. The van der Waals surface area contributed by atoms with Crippen LogP contribution in [0.1, 0.15) is 17.2 Å². The lowest BCUT2D eigenvalue weighted by Crippen LogP contribution is -2.37. The minimum absolute atomic E-state index is 0.121. The van der Waals surface area contributed by atoms with Gasteiger partial charge in [-0.3, -0.25) is 14.4 Å². The number of anilines is 2. The number of rotatable bonds is 3. The zero-order chi connectivity index (χ0) is 21.7. The minimum Gasteiger partial charge on any atom is -0.508 e. The van der Waals surface area contributed by atoms with Crippen LogP contribution in [0.5, 0.6) is 5.75 Å². The van der Waals surface area contributed by atoms with Crippen LogP contribution in [0, 0.1) is 12.8 Å². The first-order chi connectivity index (χ1) is 15.0. The molecule has 1 N–H and O–H groups in total. The standard InChI is InChI=1S/C24H19ClN2O4/c1-14-7-10-17(13-19(14)25)26-23(29)20-21(15-8-11-18(28)12-9-15)27(31-22(20)24(26)30)16-5-3-2-4-6-16/h2-13,20-22,28H,1H3/t20-,21-,22+/m0/s1. The molecule has 0 radical (unpaired) electrons. The number of amides is 2. The summed E-state index contributed by atoms with van der Waals surface area (Å²) in [5.74, 6) is -1.38. The van der Waals surface area contributed by atoms with Crippen molar-refractivity contribution in [1.82, 2.24) is 0 Å². The van der Waals surface area contributed by atoms with Gasteiger partial charge in [0, 0.05) is 5.02 Å². The summed E-state index contributed by atoms with van der Waals surface area (Å²) >= 11 is 6.24. The van der Waals surface area contributed by atoms with Crippen molar-refractivity contribution in [2.75, 3.05) is 9.96 Å². The van der Waals surface area contributed by atoms with Crippen LogP contribution in [0.25, 0.3) is 0 Å². The first kappa shape index (κ1) is 19.6. The molecule has 3 atom stereocenters. The number of para-hydroxylation sites is 1. The van der Waals surface area contributed by atoms with Crippen molar-refractivity contribution in [3.05, 3.63) is 88.9 Å². The highest BCUT2D eigenvalue weighted by atomic mass is 35.5. The largest absolute Gasteiger partial charge is 0.508 e. The van der Waals surface area contributed by atoms with Gasteiger partial charge in [0.25, 0.3) is 5.91 Å². The van der Waals surface area contributed by atoms with Gasteiger partial charge in [-0.15, -0.1) is 0 Å². The SMILES string of the molecule is Cc1ccc(N2C(=O)[C@@H]3[C@@H](ON(c4ccccc4)[C@H]3c3ccc(O)cc3)C2=O)cc1Cl. The Morgan fingerprint density at radius 2 is 1.61 bits per heavy atom. The van der Waals surface area contributed by atoms with Crippen LogP contribution in [0.2, 0.25) is 5.02 Å². The average Bonchev–Trinajstić information content (AvgIpc) is 3.28. The predicted octanol–water partition coefficient (Wildman–Crippen LogP) is 4.41. The molecule has 7 heteroatoms. The topological polar surface area (TPSA) is 70.1 Å². The molecule has 0 aromatic heterocycles. The summed E-state index contributed by atoms with van der Waals surface area (Å²) < 4.78 is 0. The number of hydroxylamine groups is 1. The summed E-state index contributed by atoms with van der Waals surface area (Å²) in [6, 6.07) is 20.5. The molecule has 3 aromatic rings. The number of phenols is 1. The van der Waals surface area contributed by atoms with E-state index in [0.29, 0.717) is 10.7 Å². The second kappa shape index (κ2) is 7.41. The summed E-state index contributed by atoms with van der Waals surface area (Å²) in [6.07, 6.45) is -0.952. The number of phenolic OH excluding ortho intramolecular Hbond substituents is 1. The highest BCUT2D eigenvalue weighted by molar-refractivity contribution is 6.32. The fourth-order valence-corrected chi connectivity index (χ4v) is 4.37. The van der Waals surface area contributed by atoms with Crippen molar-refractivity contribution in [3.8, 4) is 5.75 Å². The van der Waals surface area contributed by atoms with Crippen molar-refractivity contribution in [2.24, 2.45) is 5.92 Å². The Balaban J connectivity index is 1.58. The number of imide groups is 1. The maximum absolute atomic E-state index is 13.5. The highest BCUT2D eigenvalue weighted by Gasteiger charge is 2.60. The average molecular weight is 435 g/mol. The third-order valence-corrected chi connectivity index (χ3v) is 6.18. The van der Waals surface area contributed by atoms with Gasteiger partial charge in [0.1, 0.15) is 11.7 Å². The molecule has 0 bridgehead atoms. The first-order valence-electron chi connectivity index (χ1n) is 9.89. The zero-order valence-corrected chi connectivity index (χ0v) is 17.4. The second-order valence-electron chi connectivity index (χ2n) is 7.69. The van der Waals surface area contributed by atoms with E-state index in [1.165, 1.54) is 0 Å². The summed E-state index contributed by atoms with van der Waals surface area (Å²) in [5.41, 5.74) is 2.79. The third kappa shape index (κ3) is 3.15. The van der Waals surface area contributed by atoms with Gasteiger partial charge in [-0.05, 0) is 54.4 Å². The predicted molar refractivity (Wildman–Crippen MR) is 117 cm³/mol. The van der Waals surface area contributed by atoms with Gasteiger partial charge >= 0.3 is 0 Å². The van der Waals surface area contributed by atoms with Gasteiger partial charge in [0.05, 0.1) is 17.4 Å². The van der Waals surface area contributed by atoms with Crippen molar-refractivity contribution >= 4 is 34.8 Å². The summed E-state index contributed by atoms with van der Waals surface area (Å²) in [5, 5.41) is 11.8. The van der Waals surface area contributed by atoms with Gasteiger partial charge in [0.15, 0.2) is 6.10 Å². The molecule has 0 aliphatic carbocycles. The molecule has 0 unspecified atom stereocenters. The number of fused-ring (bicyclic) bond motifs is 1. The molecular weight excluding hydrogens is 416 g/mol. The number of hydrogen-bond donors (Lipinski definition) is 1. The first-order valence-corrected chi connectivity index (χ1v) is 10.3. The van der Waals surface area contributed by atoms with Crippen LogP contribution >= 0.6 is 11.6 Å². The van der Waals surface area contributed by atoms with Gasteiger partial charge in [-0.25, -0.2) is 9.96 Å². The van der Waals surface area contributed by atoms with Crippen LogP contribution in [0.3, 0.4) is 0 Å². The van der Waals surface area contributed by atoms with E-state index in [9.17, 15) is 14.7 Å². The number of nitrogens with zero attached hydrogens (tertiary/aromatic N) is 2. The Labute approximate surface area is 184 Å². The lowest BCUT2D eigenvalue weighted by atomic mass is 9.90. The minimum atomic E-state index is -0.952. The maximum atomic E-state index is 13.5. The summed E-state index contributed by atoms with van der Waals surface area (Å²) in [4.78, 5) is 34.0. The van der Waals surface area contributed by atoms with Gasteiger partial charge in [-0.1, -0.05) is 48.0 Å². The zero-order valence-electron chi connectivity index (χ0n) is 16.6. The number of aromatic hydroxyl groups is 1. The van der Waals surface area contributed by atoms with Crippen LogP contribution in [-0.4, -0.2) is 23.0 Å². The number of carbonyl (C=O) groups is 2. The molecular formula is C24H19ClN2O4. The Kier molecular flexibility index (Phi) is 4.68. The fraction of sp³-hybridized carbons (Fsp3) is 0.167. The molecule has 2 saturated heterocycles. The van der Waals surface area contributed by atoms with Crippen LogP contribution in [-0.2, 0) is 14.4 Å². The molecule has 5 rings (SSSR count). The molecule has 156 valence electrons. The molecule has 2 aliphatic heterocycles. The van der Waals surface area contributed by atoms with E-state index in [-0.39, 0.29) is 11.7 Å². The molecule has 2 fully saturated rings. The molecule has 3 aromatic carbocycles. The van der Waals surface area contributed by atoms with E-state index in [1.54, 1.807) is 47.5 Å². The molecule has 2 aliphatic rings. The molecule has 0 saturated carbocycles. The Morgan fingerprint density at radius 3 is 2.29 bits per heavy atom. The number of carbonyl (C=O) groups excluding carboxylic acids is 2. The van der Waals surface area contributed by atoms with E-state index in [0.717, 1.165) is 21.7 Å². The summed E-state index contributed by atoms with van der Waals surface area (Å²) in [7, 11) is 0. The van der Waals surface area contributed by atoms with Crippen LogP contribution < -0.4 is 9.96 Å². The van der Waals surface area contributed by atoms with Crippen molar-refractivity contribution < 1.29 is 19.5 Å². The second-order valence-corrected chi connectivity index (χ2v) is 8.10. The van der Waals surface area contributed by atoms with E-state index < -0.39 is 24.0 Å². The number of benzene rings is 3. The molecule has 0 spiro atoms. The van der Waals surface area contributed by atoms with Crippen LogP contribution in [0.4, 0.5) is 11.4 Å². The quantitative estimate of drug-likeness (QED) is 0.618. The normalized spacial score (nSPS) is 22.8. The van der Waals surface area contributed by atoms with E-state index in [1.807, 2.05) is 37.3 Å². The van der Waals surface area contributed by atoms with E-state index in [2.05, 4.69) is 0 Å². The Morgan fingerprint density at radius 1 is 0.903 bits per heavy atom. The van der Waals surface area contributed by atoms with Crippen molar-refractivity contribution in [2.45, 2.75) is 19.1 Å². The number of halogens is 1. The van der Waals surface area contributed by atoms with Crippen molar-refractivity contribution in [1.29, 1.82) is 0 Å². The number of hydrogen-bond acceptors (Lipinski definition) is 5. The third-order valence-electron chi connectivity index (χ3n) is 5.77. The number of aryl methyl sites for hydroxylation is 1. The monoisotopic (exact) mass is 434 g/mol. The van der Waals surface area contributed by atoms with Crippen LogP contribution in [0.15, 0.2) is 72.8 Å². The fourth-order valence-electron chi connectivity index (χ4n) is 4.20. The van der Waals surface area contributed by atoms with Gasteiger partial charge < -0.3 is 5.11 Å². The molecule has 31 heavy (non-hydrogen) atoms. The van der Waals surface area contributed by atoms with Gasteiger partial charge in [0.2, 0.25) is 5.91 Å². The maximum Gasteiger partial charge on any atom is 0.266 e. The smallest absolute Gasteiger partial charge is 0.266 e. The van der Waals surface area contributed by atoms with E-state index in [4.69, 9.17) is 16.4 Å². The molecule has 6 nitrogen and oxygen atoms in total. The molecule has 2 heterocycles. The molecule has 2 amide bonds. The van der Waals surface area contributed by atoms with Gasteiger partial charge in [-0.2, -0.15) is 0 Å². The van der Waals surface area contributed by atoms with Crippen molar-refractivity contribution in [3.63, 3.8) is 0 Å². The lowest BCUT2D eigenvalue weighted by Gasteiger charge is -2.28. The lowest BCUT2D eigenvalue weighted by molar-refractivity contribution is -0.126. The Bertz CT molecular complexity index is 1170. The van der Waals surface area contributed by atoms with E-state index >= 15 is 0 Å². The summed E-state index contributed by atoms with van der Waals surface area (Å²) in [6.45, 7) is 1.86.